The number of quaternary nitrogens is 1. The van der Waals surface area contributed by atoms with Crippen LogP contribution in [-0.2, 0) is 11.2 Å². The molecule has 5 aromatic rings. The van der Waals surface area contributed by atoms with E-state index in [-0.39, 0.29) is 5.91 Å². The van der Waals surface area contributed by atoms with Crippen molar-refractivity contribution in [3.63, 3.8) is 0 Å². The Bertz CT molecular complexity index is 1580. The van der Waals surface area contributed by atoms with E-state index in [1.807, 2.05) is 68.4 Å². The standard InChI is InChI=1S/C30H29N3O5/c1-17-11-21(14-28(36-4)18(17)2)29-23(16-32-38-29)19-9-10-27(35-3)25(13-19)33-30(34)24(31)15-22-12-20-7-5-6-8-26(20)37-22/h5-14,16,24H,15,31H2,1-4H3,(H,33,34)/p+1. The van der Waals surface area contributed by atoms with E-state index < -0.39 is 6.04 Å². The van der Waals surface area contributed by atoms with Crippen LogP contribution in [0.1, 0.15) is 16.9 Å². The van der Waals surface area contributed by atoms with Gasteiger partial charge in [-0.3, -0.25) is 4.79 Å². The number of ether oxygens (including phenoxy) is 2. The number of anilines is 1. The van der Waals surface area contributed by atoms with Crippen molar-refractivity contribution in [1.82, 2.24) is 5.16 Å². The van der Waals surface area contributed by atoms with E-state index in [9.17, 15) is 4.79 Å². The third-order valence-corrected chi connectivity index (χ3v) is 6.74. The van der Waals surface area contributed by atoms with Crippen molar-refractivity contribution in [3.05, 3.63) is 83.7 Å². The third kappa shape index (κ3) is 4.86. The SMILES string of the molecule is COc1ccc(-c2cnoc2-c2cc(C)c(C)c(OC)c2)cc1NC(=O)C([NH3+])Cc1cc2ccccc2o1. The van der Waals surface area contributed by atoms with Crippen molar-refractivity contribution >= 4 is 22.6 Å². The van der Waals surface area contributed by atoms with Crippen molar-refractivity contribution in [3.8, 4) is 33.9 Å². The second-order valence-corrected chi connectivity index (χ2v) is 9.24. The Morgan fingerprint density at radius 1 is 1.00 bits per heavy atom. The number of carbonyl (C=O) groups is 1. The molecule has 1 unspecified atom stereocenters. The molecule has 3 aromatic carbocycles. The molecule has 0 aliphatic rings. The Balaban J connectivity index is 1.41. The summed E-state index contributed by atoms with van der Waals surface area (Å²) in [7, 11) is 3.21. The van der Waals surface area contributed by atoms with Crippen LogP contribution in [-0.4, -0.2) is 31.3 Å². The normalized spacial score (nSPS) is 11.9. The van der Waals surface area contributed by atoms with E-state index in [0.29, 0.717) is 29.4 Å². The summed E-state index contributed by atoms with van der Waals surface area (Å²) in [5.41, 5.74) is 9.96. The molecule has 0 aliphatic carbocycles. The summed E-state index contributed by atoms with van der Waals surface area (Å²) >= 11 is 0. The number of hydrogen-bond acceptors (Lipinski definition) is 6. The van der Waals surface area contributed by atoms with E-state index in [1.165, 1.54) is 0 Å². The van der Waals surface area contributed by atoms with E-state index in [1.54, 1.807) is 26.5 Å². The fraction of sp³-hybridized carbons (Fsp3) is 0.200. The minimum absolute atomic E-state index is 0.245. The average Bonchev–Trinajstić information content (AvgIpc) is 3.57. The second kappa shape index (κ2) is 10.4. The number of aryl methyl sites for hydroxylation is 1. The zero-order valence-corrected chi connectivity index (χ0v) is 21.8. The third-order valence-electron chi connectivity index (χ3n) is 6.74. The molecule has 0 radical (unpaired) electrons. The van der Waals surface area contributed by atoms with E-state index in [4.69, 9.17) is 18.4 Å². The molecule has 2 heterocycles. The predicted octanol–water partition coefficient (Wildman–Crippen LogP) is 5.18. The topological polar surface area (TPSA) is 114 Å². The summed E-state index contributed by atoms with van der Waals surface area (Å²) in [5, 5.41) is 8.02. The first-order valence-electron chi connectivity index (χ1n) is 12.3. The largest absolute Gasteiger partial charge is 0.496 e. The van der Waals surface area contributed by atoms with E-state index in [0.717, 1.165) is 44.5 Å². The van der Waals surface area contributed by atoms with Crippen LogP contribution in [0, 0.1) is 13.8 Å². The molecule has 1 atom stereocenters. The summed E-state index contributed by atoms with van der Waals surface area (Å²) < 4.78 is 22.6. The Kier molecular flexibility index (Phi) is 6.89. The molecule has 194 valence electrons. The minimum Gasteiger partial charge on any atom is -0.496 e. The van der Waals surface area contributed by atoms with Crippen LogP contribution in [0.4, 0.5) is 5.69 Å². The monoisotopic (exact) mass is 512 g/mol. The Morgan fingerprint density at radius 2 is 1.79 bits per heavy atom. The van der Waals surface area contributed by atoms with E-state index >= 15 is 0 Å². The molecule has 0 saturated carbocycles. The highest BCUT2D eigenvalue weighted by atomic mass is 16.5. The summed E-state index contributed by atoms with van der Waals surface area (Å²) in [4.78, 5) is 13.1. The molecule has 0 aliphatic heterocycles. The molecular formula is C30H30N3O5+. The van der Waals surface area contributed by atoms with Gasteiger partial charge in [0.05, 0.1) is 32.5 Å². The zero-order valence-electron chi connectivity index (χ0n) is 21.8. The maximum atomic E-state index is 13.1. The van der Waals surface area contributed by atoms with Crippen molar-refractivity contribution in [1.29, 1.82) is 0 Å². The number of aromatic nitrogens is 1. The first-order valence-corrected chi connectivity index (χ1v) is 12.3. The molecule has 5 rings (SSSR count). The van der Waals surface area contributed by atoms with Crippen molar-refractivity contribution in [2.45, 2.75) is 26.3 Å². The highest BCUT2D eigenvalue weighted by molar-refractivity contribution is 5.96. The molecular weight excluding hydrogens is 482 g/mol. The van der Waals surface area contributed by atoms with Gasteiger partial charge in [-0.25, -0.2) is 0 Å². The summed E-state index contributed by atoms with van der Waals surface area (Å²) in [6.07, 6.45) is 2.03. The van der Waals surface area contributed by atoms with Crippen LogP contribution in [0.25, 0.3) is 33.4 Å². The van der Waals surface area contributed by atoms with Crippen LogP contribution < -0.4 is 20.5 Å². The van der Waals surface area contributed by atoms with Gasteiger partial charge >= 0.3 is 0 Å². The van der Waals surface area contributed by atoms with Crippen molar-refractivity contribution < 1.29 is 28.9 Å². The predicted molar refractivity (Wildman–Crippen MR) is 145 cm³/mol. The first-order chi connectivity index (χ1) is 18.4. The number of nitrogens with one attached hydrogen (secondary N) is 1. The lowest BCUT2D eigenvalue weighted by Crippen LogP contribution is -2.67. The van der Waals surface area contributed by atoms with Crippen LogP contribution in [0.2, 0.25) is 0 Å². The van der Waals surface area contributed by atoms with Gasteiger partial charge in [-0.1, -0.05) is 29.4 Å². The fourth-order valence-electron chi connectivity index (χ4n) is 4.50. The Labute approximate surface area is 220 Å². The van der Waals surface area contributed by atoms with Gasteiger partial charge in [-0.2, -0.15) is 0 Å². The van der Waals surface area contributed by atoms with E-state index in [2.05, 4.69) is 16.2 Å². The summed E-state index contributed by atoms with van der Waals surface area (Å²) in [5.74, 6) is 2.37. The summed E-state index contributed by atoms with van der Waals surface area (Å²) in [6.45, 7) is 4.04. The lowest BCUT2D eigenvalue weighted by Gasteiger charge is -2.14. The number of methoxy groups -OCH3 is 2. The molecule has 38 heavy (non-hydrogen) atoms. The van der Waals surface area contributed by atoms with Crippen LogP contribution in [0.3, 0.4) is 0 Å². The molecule has 0 spiro atoms. The van der Waals surface area contributed by atoms with Crippen molar-refractivity contribution in [2.75, 3.05) is 19.5 Å². The van der Waals surface area contributed by atoms with Gasteiger partial charge in [0.25, 0.3) is 5.91 Å². The number of nitrogens with zero attached hydrogens (tertiary/aromatic N) is 1. The Morgan fingerprint density at radius 3 is 2.55 bits per heavy atom. The number of benzene rings is 3. The molecule has 8 nitrogen and oxygen atoms in total. The van der Waals surface area contributed by atoms with Gasteiger partial charge in [0.2, 0.25) is 0 Å². The smallest absolute Gasteiger partial charge is 0.283 e. The van der Waals surface area contributed by atoms with Gasteiger partial charge in [0.15, 0.2) is 11.8 Å². The lowest BCUT2D eigenvalue weighted by atomic mass is 9.98. The molecule has 0 saturated heterocycles. The van der Waals surface area contributed by atoms with Gasteiger partial charge < -0.3 is 29.5 Å². The molecule has 8 heteroatoms. The number of fused-ring (bicyclic) bond motifs is 1. The highest BCUT2D eigenvalue weighted by Gasteiger charge is 2.23. The highest BCUT2D eigenvalue weighted by Crippen LogP contribution is 2.38. The van der Waals surface area contributed by atoms with Crippen molar-refractivity contribution in [2.24, 2.45) is 0 Å². The first kappa shape index (κ1) is 25.1. The number of amides is 1. The molecule has 1 amide bonds. The average molecular weight is 513 g/mol. The van der Waals surface area contributed by atoms with Crippen LogP contribution >= 0.6 is 0 Å². The fourth-order valence-corrected chi connectivity index (χ4v) is 4.50. The summed E-state index contributed by atoms with van der Waals surface area (Å²) in [6, 6.07) is 18.6. The van der Waals surface area contributed by atoms with Crippen LogP contribution in [0.15, 0.2) is 75.8 Å². The number of rotatable bonds is 8. The van der Waals surface area contributed by atoms with Gasteiger partial charge in [-0.15, -0.1) is 0 Å². The van der Waals surface area contributed by atoms with Gasteiger partial charge in [0, 0.05) is 16.5 Å². The lowest BCUT2D eigenvalue weighted by molar-refractivity contribution is -0.402. The quantitative estimate of drug-likeness (QED) is 0.296. The molecule has 4 N–H and O–H groups in total. The maximum absolute atomic E-state index is 13.1. The Hall–Kier alpha value is -4.56. The van der Waals surface area contributed by atoms with Crippen LogP contribution in [0.5, 0.6) is 11.5 Å². The molecule has 0 fully saturated rings. The number of para-hydroxylation sites is 1. The van der Waals surface area contributed by atoms with Gasteiger partial charge in [0.1, 0.15) is 22.8 Å². The second-order valence-electron chi connectivity index (χ2n) is 9.24. The van der Waals surface area contributed by atoms with Gasteiger partial charge in [-0.05, 0) is 66.9 Å². The maximum Gasteiger partial charge on any atom is 0.283 e. The zero-order chi connectivity index (χ0) is 26.8. The number of furan rings is 1. The number of hydrogen-bond donors (Lipinski definition) is 2. The molecule has 0 bridgehead atoms. The minimum atomic E-state index is -0.571. The molecule has 2 aromatic heterocycles. The number of carbonyl (C=O) groups excluding carboxylic acids is 1.